The van der Waals surface area contributed by atoms with Crippen LogP contribution >= 0.6 is 38.9 Å². The molecule has 2 rings (SSSR count). The molecule has 0 fully saturated rings. The van der Waals surface area contributed by atoms with Gasteiger partial charge in [0.15, 0.2) is 0 Å². The molecule has 0 aliphatic rings. The number of carbonyl (C=O) groups is 1. The Morgan fingerprint density at radius 3 is 2.81 bits per heavy atom. The van der Waals surface area contributed by atoms with Gasteiger partial charge in [-0.15, -0.1) is 11.3 Å². The number of benzene rings is 1. The van der Waals surface area contributed by atoms with Crippen molar-refractivity contribution in [3.8, 4) is 0 Å². The molecule has 1 heterocycles. The average molecular weight is 388 g/mol. The summed E-state index contributed by atoms with van der Waals surface area (Å²) < 4.78 is 1.06. The van der Waals surface area contributed by atoms with Crippen LogP contribution in [0.2, 0.25) is 5.02 Å². The summed E-state index contributed by atoms with van der Waals surface area (Å²) >= 11 is 11.1. The summed E-state index contributed by atoms with van der Waals surface area (Å²) in [5, 5.41) is 5.80. The quantitative estimate of drug-likeness (QED) is 0.794. The highest BCUT2D eigenvalue weighted by Gasteiger charge is 2.17. The Kier molecular flexibility index (Phi) is 5.67. The van der Waals surface area contributed by atoms with E-state index in [0.717, 1.165) is 21.6 Å². The summed E-state index contributed by atoms with van der Waals surface area (Å²) in [4.78, 5) is 14.3. The number of amides is 1. The minimum Gasteiger partial charge on any atom is -0.385 e. The van der Waals surface area contributed by atoms with E-state index in [1.54, 1.807) is 35.4 Å². The van der Waals surface area contributed by atoms with Crippen LogP contribution < -0.4 is 5.32 Å². The van der Waals surface area contributed by atoms with E-state index >= 15 is 0 Å². The summed E-state index contributed by atoms with van der Waals surface area (Å²) in [5.41, 5.74) is 2.51. The number of thiophene rings is 1. The van der Waals surface area contributed by atoms with Crippen LogP contribution in [0.1, 0.15) is 22.8 Å². The number of nitrogens with zero attached hydrogens (tertiary/aromatic N) is 1. The number of anilines is 1. The Labute approximate surface area is 142 Å². The van der Waals surface area contributed by atoms with Crippen molar-refractivity contribution in [1.29, 1.82) is 0 Å². The lowest BCUT2D eigenvalue weighted by Crippen LogP contribution is -2.27. The summed E-state index contributed by atoms with van der Waals surface area (Å²) in [6.07, 6.45) is 0. The fourth-order valence-electron chi connectivity index (χ4n) is 2.02. The molecule has 3 nitrogen and oxygen atoms in total. The second-order valence-corrected chi connectivity index (χ2v) is 7.37. The molecule has 21 heavy (non-hydrogen) atoms. The van der Waals surface area contributed by atoms with E-state index in [1.807, 2.05) is 24.4 Å². The van der Waals surface area contributed by atoms with Gasteiger partial charge in [-0.05, 0) is 58.1 Å². The SMILES string of the molecule is CCNc1ccc(Cl)cc1C(=O)N(C)Cc1csc(Br)c1. The molecule has 1 amide bonds. The van der Waals surface area contributed by atoms with Gasteiger partial charge in [0.1, 0.15) is 0 Å². The maximum atomic E-state index is 12.6. The molecule has 0 saturated carbocycles. The molecule has 0 radical (unpaired) electrons. The second-order valence-electron chi connectivity index (χ2n) is 4.64. The Morgan fingerprint density at radius 2 is 2.19 bits per heavy atom. The molecule has 0 saturated heterocycles. The second kappa shape index (κ2) is 7.29. The van der Waals surface area contributed by atoms with E-state index in [-0.39, 0.29) is 5.91 Å². The topological polar surface area (TPSA) is 32.3 Å². The van der Waals surface area contributed by atoms with E-state index in [0.29, 0.717) is 17.1 Å². The van der Waals surface area contributed by atoms with Gasteiger partial charge >= 0.3 is 0 Å². The van der Waals surface area contributed by atoms with Crippen LogP contribution in [0.3, 0.4) is 0 Å². The highest BCUT2D eigenvalue weighted by atomic mass is 79.9. The largest absolute Gasteiger partial charge is 0.385 e. The zero-order chi connectivity index (χ0) is 15.4. The van der Waals surface area contributed by atoms with E-state index < -0.39 is 0 Å². The van der Waals surface area contributed by atoms with Gasteiger partial charge in [-0.2, -0.15) is 0 Å². The Bertz CT molecular complexity index is 644. The number of hydrogen-bond donors (Lipinski definition) is 1. The van der Waals surface area contributed by atoms with Gasteiger partial charge in [-0.3, -0.25) is 4.79 Å². The molecular formula is C15H16BrClN2OS. The van der Waals surface area contributed by atoms with Crippen molar-refractivity contribution in [2.24, 2.45) is 0 Å². The molecule has 0 spiro atoms. The number of halogens is 2. The smallest absolute Gasteiger partial charge is 0.256 e. The normalized spacial score (nSPS) is 10.5. The molecule has 6 heteroatoms. The summed E-state index contributed by atoms with van der Waals surface area (Å²) in [6.45, 7) is 3.32. The molecule has 1 aromatic carbocycles. The number of nitrogens with one attached hydrogen (secondary N) is 1. The maximum Gasteiger partial charge on any atom is 0.256 e. The minimum absolute atomic E-state index is 0.0456. The number of carbonyl (C=O) groups excluding carboxylic acids is 1. The zero-order valence-electron chi connectivity index (χ0n) is 11.8. The summed E-state index contributed by atoms with van der Waals surface area (Å²) in [6, 6.07) is 7.36. The molecule has 1 N–H and O–H groups in total. The first-order valence-electron chi connectivity index (χ1n) is 6.53. The van der Waals surface area contributed by atoms with Gasteiger partial charge in [-0.1, -0.05) is 11.6 Å². The first-order chi connectivity index (χ1) is 10.0. The fraction of sp³-hybridized carbons (Fsp3) is 0.267. The van der Waals surface area contributed by atoms with Crippen molar-refractivity contribution in [3.63, 3.8) is 0 Å². The molecule has 2 aromatic rings. The molecule has 112 valence electrons. The molecule has 0 bridgehead atoms. The predicted molar refractivity (Wildman–Crippen MR) is 93.4 cm³/mol. The average Bonchev–Trinajstić information content (AvgIpc) is 2.85. The highest BCUT2D eigenvalue weighted by molar-refractivity contribution is 9.11. The standard InChI is InChI=1S/C15H16BrClN2OS/c1-3-18-13-5-4-11(17)7-12(13)15(20)19(2)8-10-6-14(16)21-9-10/h4-7,9,18H,3,8H2,1-2H3. The van der Waals surface area contributed by atoms with E-state index in [4.69, 9.17) is 11.6 Å². The van der Waals surface area contributed by atoms with E-state index in [2.05, 4.69) is 21.2 Å². The zero-order valence-corrected chi connectivity index (χ0v) is 15.0. The first-order valence-corrected chi connectivity index (χ1v) is 8.58. The lowest BCUT2D eigenvalue weighted by atomic mass is 10.1. The molecular weight excluding hydrogens is 372 g/mol. The van der Waals surface area contributed by atoms with Crippen LogP contribution in [0.4, 0.5) is 5.69 Å². The fourth-order valence-corrected chi connectivity index (χ4v) is 3.39. The van der Waals surface area contributed by atoms with Crippen molar-refractivity contribution in [3.05, 3.63) is 49.6 Å². The lowest BCUT2D eigenvalue weighted by Gasteiger charge is -2.19. The third kappa shape index (κ3) is 4.22. The maximum absolute atomic E-state index is 12.6. The summed E-state index contributed by atoms with van der Waals surface area (Å²) in [5.74, 6) is -0.0456. The third-order valence-electron chi connectivity index (χ3n) is 2.97. The van der Waals surface area contributed by atoms with Crippen molar-refractivity contribution in [1.82, 2.24) is 4.90 Å². The van der Waals surface area contributed by atoms with E-state index in [9.17, 15) is 4.79 Å². The van der Waals surface area contributed by atoms with Gasteiger partial charge < -0.3 is 10.2 Å². The van der Waals surface area contributed by atoms with Crippen molar-refractivity contribution in [2.75, 3.05) is 18.9 Å². The summed E-state index contributed by atoms with van der Waals surface area (Å²) in [7, 11) is 1.80. The highest BCUT2D eigenvalue weighted by Crippen LogP contribution is 2.24. The number of hydrogen-bond acceptors (Lipinski definition) is 3. The van der Waals surface area contributed by atoms with Crippen molar-refractivity contribution >= 4 is 50.5 Å². The van der Waals surface area contributed by atoms with Gasteiger partial charge in [0.25, 0.3) is 5.91 Å². The van der Waals surface area contributed by atoms with Crippen LogP contribution in [0.5, 0.6) is 0 Å². The van der Waals surface area contributed by atoms with Crippen LogP contribution in [-0.4, -0.2) is 24.4 Å². The molecule has 1 aromatic heterocycles. The van der Waals surface area contributed by atoms with Crippen LogP contribution in [-0.2, 0) is 6.54 Å². The number of rotatable bonds is 5. The minimum atomic E-state index is -0.0456. The molecule has 0 unspecified atom stereocenters. The Balaban J connectivity index is 2.20. The molecule has 0 atom stereocenters. The van der Waals surface area contributed by atoms with Crippen LogP contribution in [0, 0.1) is 0 Å². The van der Waals surface area contributed by atoms with Gasteiger partial charge in [0.2, 0.25) is 0 Å². The van der Waals surface area contributed by atoms with Crippen molar-refractivity contribution in [2.45, 2.75) is 13.5 Å². The Morgan fingerprint density at radius 1 is 1.43 bits per heavy atom. The lowest BCUT2D eigenvalue weighted by molar-refractivity contribution is 0.0786. The predicted octanol–water partition coefficient (Wildman–Crippen LogP) is 4.87. The van der Waals surface area contributed by atoms with Gasteiger partial charge in [0.05, 0.1) is 9.35 Å². The molecule has 0 aliphatic heterocycles. The first kappa shape index (κ1) is 16.3. The monoisotopic (exact) mass is 386 g/mol. The Hall–Kier alpha value is -1.04. The van der Waals surface area contributed by atoms with Gasteiger partial charge in [0, 0.05) is 30.8 Å². The van der Waals surface area contributed by atoms with Gasteiger partial charge in [-0.25, -0.2) is 0 Å². The van der Waals surface area contributed by atoms with Crippen molar-refractivity contribution < 1.29 is 4.79 Å². The van der Waals surface area contributed by atoms with Crippen LogP contribution in [0.15, 0.2) is 33.4 Å². The molecule has 0 aliphatic carbocycles. The van der Waals surface area contributed by atoms with E-state index in [1.165, 1.54) is 0 Å². The third-order valence-corrected chi connectivity index (χ3v) is 4.76. The van der Waals surface area contributed by atoms with Crippen LogP contribution in [0.25, 0.3) is 0 Å².